The van der Waals surface area contributed by atoms with Crippen LogP contribution in [0, 0.1) is 0 Å². The molecule has 0 atom stereocenters. The van der Waals surface area contributed by atoms with Gasteiger partial charge in [0, 0.05) is 37.4 Å². The van der Waals surface area contributed by atoms with Crippen molar-refractivity contribution in [1.82, 2.24) is 4.98 Å². The average Bonchev–Trinajstić information content (AvgIpc) is 2.37. The summed E-state index contributed by atoms with van der Waals surface area (Å²) >= 11 is 0. The molecule has 5 heteroatoms. The minimum absolute atomic E-state index is 0.610. The Kier molecular flexibility index (Phi) is 3.14. The summed E-state index contributed by atoms with van der Waals surface area (Å²) in [6, 6.07) is 3.64. The van der Waals surface area contributed by atoms with Crippen molar-refractivity contribution in [2.24, 2.45) is 0 Å². The van der Waals surface area contributed by atoms with Gasteiger partial charge in [0.05, 0.1) is 19.6 Å². The smallest absolute Gasteiger partial charge is 0.172 e. The fourth-order valence-electron chi connectivity index (χ4n) is 2.02. The van der Waals surface area contributed by atoms with Crippen LogP contribution >= 0.6 is 0 Å². The van der Waals surface area contributed by atoms with Crippen LogP contribution in [0.2, 0.25) is 0 Å². The van der Waals surface area contributed by atoms with Crippen molar-refractivity contribution < 1.29 is 9.47 Å². The molecule has 0 saturated carbocycles. The van der Waals surface area contributed by atoms with E-state index in [1.807, 2.05) is 25.1 Å². The molecule has 0 spiro atoms. The van der Waals surface area contributed by atoms with Crippen molar-refractivity contribution >= 4 is 22.3 Å². The first-order valence-electron chi connectivity index (χ1n) is 5.56. The van der Waals surface area contributed by atoms with Gasteiger partial charge in [-0.05, 0) is 6.07 Å². The zero-order valence-electron chi connectivity index (χ0n) is 11.0. The van der Waals surface area contributed by atoms with E-state index < -0.39 is 0 Å². The quantitative estimate of drug-likeness (QED) is 0.839. The molecule has 1 aromatic carbocycles. The summed E-state index contributed by atoms with van der Waals surface area (Å²) in [6.07, 6.45) is 1.74. The number of rotatable bonds is 3. The van der Waals surface area contributed by atoms with Crippen LogP contribution in [0.25, 0.3) is 10.8 Å². The van der Waals surface area contributed by atoms with Gasteiger partial charge in [0.2, 0.25) is 0 Å². The van der Waals surface area contributed by atoms with Gasteiger partial charge in [0.1, 0.15) is 5.82 Å². The highest BCUT2D eigenvalue weighted by Gasteiger charge is 2.17. The lowest BCUT2D eigenvalue weighted by atomic mass is 10.1. The summed E-state index contributed by atoms with van der Waals surface area (Å²) in [6.45, 7) is 0. The first-order valence-corrected chi connectivity index (χ1v) is 5.56. The molecule has 1 aromatic heterocycles. The molecule has 0 radical (unpaired) electrons. The second-order valence-corrected chi connectivity index (χ2v) is 4.15. The van der Waals surface area contributed by atoms with E-state index in [9.17, 15) is 0 Å². The molecule has 0 bridgehead atoms. The van der Waals surface area contributed by atoms with Crippen molar-refractivity contribution in [3.8, 4) is 11.5 Å². The summed E-state index contributed by atoms with van der Waals surface area (Å²) in [5.74, 6) is 2.06. The number of ether oxygens (including phenoxy) is 2. The lowest BCUT2D eigenvalue weighted by molar-refractivity contribution is 0.358. The molecule has 0 amide bonds. The van der Waals surface area contributed by atoms with Crippen LogP contribution in [0.5, 0.6) is 11.5 Å². The van der Waals surface area contributed by atoms with Gasteiger partial charge in [0.15, 0.2) is 11.5 Å². The molecule has 0 aliphatic carbocycles. The number of methoxy groups -OCH3 is 2. The van der Waals surface area contributed by atoms with Gasteiger partial charge < -0.3 is 20.1 Å². The third kappa shape index (κ3) is 1.77. The number of aromatic nitrogens is 1. The number of nitrogens with two attached hydrogens (primary N) is 1. The Morgan fingerprint density at radius 2 is 1.94 bits per heavy atom. The van der Waals surface area contributed by atoms with Gasteiger partial charge in [-0.25, -0.2) is 4.98 Å². The number of nitrogens with zero attached hydrogens (tertiary/aromatic N) is 2. The molecule has 0 fully saturated rings. The molecule has 5 nitrogen and oxygen atoms in total. The van der Waals surface area contributed by atoms with Gasteiger partial charge in [-0.3, -0.25) is 0 Å². The van der Waals surface area contributed by atoms with Crippen LogP contribution in [0.1, 0.15) is 0 Å². The Morgan fingerprint density at radius 1 is 1.22 bits per heavy atom. The summed E-state index contributed by atoms with van der Waals surface area (Å²) < 4.78 is 10.8. The van der Waals surface area contributed by atoms with E-state index in [-0.39, 0.29) is 0 Å². The normalized spacial score (nSPS) is 10.4. The number of nitrogen functional groups attached to an aromatic ring is 1. The van der Waals surface area contributed by atoms with Crippen molar-refractivity contribution in [3.05, 3.63) is 18.3 Å². The van der Waals surface area contributed by atoms with Gasteiger partial charge in [-0.2, -0.15) is 0 Å². The molecule has 18 heavy (non-hydrogen) atoms. The standard InChI is InChI=1S/C13H17N3O2/c1-16(2)13-11-8(5-6-15-13)9(14)7-10(17-3)12(11)18-4/h5-7H,14H2,1-4H3. The summed E-state index contributed by atoms with van der Waals surface area (Å²) in [4.78, 5) is 6.29. The Bertz CT molecular complexity index is 582. The van der Waals surface area contributed by atoms with E-state index >= 15 is 0 Å². The van der Waals surface area contributed by atoms with Crippen LogP contribution in [-0.4, -0.2) is 33.3 Å². The Labute approximate surface area is 106 Å². The second-order valence-electron chi connectivity index (χ2n) is 4.15. The predicted octanol–water partition coefficient (Wildman–Crippen LogP) is 1.90. The number of anilines is 2. The average molecular weight is 247 g/mol. The number of hydrogen-bond donors (Lipinski definition) is 1. The molecule has 2 aromatic rings. The first-order chi connectivity index (χ1) is 8.60. The van der Waals surface area contributed by atoms with Crippen molar-refractivity contribution in [1.29, 1.82) is 0 Å². The Morgan fingerprint density at radius 3 is 2.50 bits per heavy atom. The van der Waals surface area contributed by atoms with Crippen LogP contribution in [0.4, 0.5) is 11.5 Å². The van der Waals surface area contributed by atoms with Crippen LogP contribution in [-0.2, 0) is 0 Å². The maximum Gasteiger partial charge on any atom is 0.172 e. The van der Waals surface area contributed by atoms with E-state index in [2.05, 4.69) is 4.98 Å². The minimum Gasteiger partial charge on any atom is -0.493 e. The number of pyridine rings is 1. The van der Waals surface area contributed by atoms with E-state index in [0.29, 0.717) is 17.2 Å². The first kappa shape index (κ1) is 12.3. The molecule has 96 valence electrons. The second kappa shape index (κ2) is 4.60. The van der Waals surface area contributed by atoms with Gasteiger partial charge in [0.25, 0.3) is 0 Å². The molecule has 0 unspecified atom stereocenters. The van der Waals surface area contributed by atoms with Crippen molar-refractivity contribution in [3.63, 3.8) is 0 Å². The molecule has 0 saturated heterocycles. The van der Waals surface area contributed by atoms with Crippen LogP contribution in [0.3, 0.4) is 0 Å². The van der Waals surface area contributed by atoms with Gasteiger partial charge in [-0.15, -0.1) is 0 Å². The fourth-order valence-corrected chi connectivity index (χ4v) is 2.02. The van der Waals surface area contributed by atoms with E-state index in [4.69, 9.17) is 15.2 Å². The number of fused-ring (bicyclic) bond motifs is 1. The topological polar surface area (TPSA) is 60.6 Å². The number of hydrogen-bond acceptors (Lipinski definition) is 5. The summed E-state index contributed by atoms with van der Waals surface area (Å²) in [5, 5.41) is 1.77. The molecule has 1 heterocycles. The van der Waals surface area contributed by atoms with E-state index in [1.165, 1.54) is 0 Å². The molecule has 0 aliphatic rings. The van der Waals surface area contributed by atoms with Crippen LogP contribution in [0.15, 0.2) is 18.3 Å². The lowest BCUT2D eigenvalue weighted by Gasteiger charge is -2.18. The SMILES string of the molecule is COc1cc(N)c2ccnc(N(C)C)c2c1OC. The third-order valence-corrected chi connectivity index (χ3v) is 2.83. The molecule has 2 rings (SSSR count). The highest BCUT2D eigenvalue weighted by Crippen LogP contribution is 2.42. The third-order valence-electron chi connectivity index (χ3n) is 2.83. The molecule has 2 N–H and O–H groups in total. The summed E-state index contributed by atoms with van der Waals surface area (Å²) in [7, 11) is 7.06. The maximum atomic E-state index is 6.04. The largest absolute Gasteiger partial charge is 0.493 e. The highest BCUT2D eigenvalue weighted by atomic mass is 16.5. The van der Waals surface area contributed by atoms with E-state index in [0.717, 1.165) is 16.6 Å². The van der Waals surface area contributed by atoms with Crippen molar-refractivity contribution in [2.75, 3.05) is 38.9 Å². The van der Waals surface area contributed by atoms with Crippen LogP contribution < -0.4 is 20.1 Å². The molecule has 0 aliphatic heterocycles. The lowest BCUT2D eigenvalue weighted by Crippen LogP contribution is -2.11. The maximum absolute atomic E-state index is 6.04. The Hall–Kier alpha value is -2.17. The van der Waals surface area contributed by atoms with Gasteiger partial charge in [-0.1, -0.05) is 0 Å². The zero-order valence-corrected chi connectivity index (χ0v) is 11.0. The molecular formula is C13H17N3O2. The van der Waals surface area contributed by atoms with Crippen molar-refractivity contribution in [2.45, 2.75) is 0 Å². The monoisotopic (exact) mass is 247 g/mol. The van der Waals surface area contributed by atoms with E-state index in [1.54, 1.807) is 26.5 Å². The minimum atomic E-state index is 0.610. The Balaban J connectivity index is 2.93. The predicted molar refractivity (Wildman–Crippen MR) is 73.6 cm³/mol. The number of benzene rings is 1. The summed E-state index contributed by atoms with van der Waals surface area (Å²) in [5.41, 5.74) is 6.69. The fraction of sp³-hybridized carbons (Fsp3) is 0.308. The zero-order chi connectivity index (χ0) is 13.3. The highest BCUT2D eigenvalue weighted by molar-refractivity contribution is 6.05. The molecular weight excluding hydrogens is 230 g/mol. The van der Waals surface area contributed by atoms with Gasteiger partial charge >= 0.3 is 0 Å².